The van der Waals surface area contributed by atoms with Crippen molar-refractivity contribution < 1.29 is 4.79 Å². The first-order valence-corrected chi connectivity index (χ1v) is 5.73. The van der Waals surface area contributed by atoms with E-state index in [1.807, 2.05) is 0 Å². The molecule has 1 saturated carbocycles. The number of hydrogen-bond acceptors (Lipinski definition) is 1. The predicted molar refractivity (Wildman–Crippen MR) is 64.6 cm³/mol. The van der Waals surface area contributed by atoms with Gasteiger partial charge in [0.1, 0.15) is 5.78 Å². The van der Waals surface area contributed by atoms with Gasteiger partial charge in [0.15, 0.2) is 0 Å². The minimum Gasteiger partial charge on any atom is -0.299 e. The first-order chi connectivity index (χ1) is 6.91. The molecule has 0 radical (unpaired) electrons. The molecule has 0 N–H and O–H groups in total. The molecule has 0 saturated heterocycles. The van der Waals surface area contributed by atoms with Crippen LogP contribution in [-0.4, -0.2) is 5.78 Å². The largest absolute Gasteiger partial charge is 0.299 e. The van der Waals surface area contributed by atoms with Crippen LogP contribution in [0.5, 0.6) is 0 Å². The zero-order chi connectivity index (χ0) is 11.6. The lowest BCUT2D eigenvalue weighted by Crippen LogP contribution is -2.40. The van der Waals surface area contributed by atoms with E-state index in [-0.39, 0.29) is 11.3 Å². The Kier molecular flexibility index (Phi) is 3.54. The maximum Gasteiger partial charge on any atom is 0.140 e. The van der Waals surface area contributed by atoms with Crippen LogP contribution >= 0.6 is 0 Å². The second-order valence-corrected chi connectivity index (χ2v) is 5.28. The van der Waals surface area contributed by atoms with Crippen molar-refractivity contribution in [2.75, 3.05) is 0 Å². The molecular weight excluding hydrogens is 184 g/mol. The van der Waals surface area contributed by atoms with E-state index >= 15 is 0 Å². The monoisotopic (exact) mass is 206 g/mol. The van der Waals surface area contributed by atoms with Crippen LogP contribution in [0.4, 0.5) is 0 Å². The predicted octanol–water partition coefficient (Wildman–Crippen LogP) is 3.76. The van der Waals surface area contributed by atoms with E-state index in [1.54, 1.807) is 6.08 Å². The fourth-order valence-electron chi connectivity index (χ4n) is 2.81. The summed E-state index contributed by atoms with van der Waals surface area (Å²) in [5, 5.41) is 0. The normalized spacial score (nSPS) is 29.9. The number of carbonyl (C=O) groups excluding carboxylic acids is 1. The van der Waals surface area contributed by atoms with Gasteiger partial charge < -0.3 is 0 Å². The average molecular weight is 206 g/mol. The zero-order valence-electron chi connectivity index (χ0n) is 10.2. The summed E-state index contributed by atoms with van der Waals surface area (Å²) in [7, 11) is 0. The van der Waals surface area contributed by atoms with Crippen LogP contribution in [0.25, 0.3) is 0 Å². The van der Waals surface area contributed by atoms with Crippen molar-refractivity contribution in [2.45, 2.75) is 40.0 Å². The maximum absolute atomic E-state index is 12.1. The first kappa shape index (κ1) is 12.2. The highest BCUT2D eigenvalue weighted by Crippen LogP contribution is 2.47. The maximum atomic E-state index is 12.1. The van der Waals surface area contributed by atoms with E-state index in [2.05, 4.69) is 33.9 Å². The van der Waals surface area contributed by atoms with Crippen LogP contribution in [0, 0.1) is 17.3 Å². The third-order valence-electron chi connectivity index (χ3n) is 3.85. The highest BCUT2D eigenvalue weighted by Gasteiger charge is 2.42. The molecule has 0 bridgehead atoms. The van der Waals surface area contributed by atoms with Crippen molar-refractivity contribution >= 4 is 5.78 Å². The smallest absolute Gasteiger partial charge is 0.140 e. The van der Waals surface area contributed by atoms with E-state index in [0.717, 1.165) is 12.8 Å². The summed E-state index contributed by atoms with van der Waals surface area (Å²) in [4.78, 5) is 12.1. The molecule has 0 unspecified atom stereocenters. The molecule has 15 heavy (non-hydrogen) atoms. The third-order valence-corrected chi connectivity index (χ3v) is 3.85. The Labute approximate surface area is 93.3 Å². The number of ketones is 1. The summed E-state index contributed by atoms with van der Waals surface area (Å²) < 4.78 is 0. The van der Waals surface area contributed by atoms with E-state index in [4.69, 9.17) is 0 Å². The van der Waals surface area contributed by atoms with Crippen molar-refractivity contribution in [3.8, 4) is 0 Å². The summed E-state index contributed by atoms with van der Waals surface area (Å²) >= 11 is 0. The van der Waals surface area contributed by atoms with Crippen LogP contribution in [0.15, 0.2) is 24.8 Å². The van der Waals surface area contributed by atoms with Crippen LogP contribution in [-0.2, 0) is 4.79 Å². The molecule has 1 fully saturated rings. The number of carbonyl (C=O) groups is 1. The summed E-state index contributed by atoms with van der Waals surface area (Å²) in [6, 6.07) is 0. The molecule has 0 amide bonds. The van der Waals surface area contributed by atoms with Gasteiger partial charge in [-0.25, -0.2) is 0 Å². The average Bonchev–Trinajstić information content (AvgIpc) is 2.12. The van der Waals surface area contributed by atoms with Crippen LogP contribution < -0.4 is 0 Å². The summed E-state index contributed by atoms with van der Waals surface area (Å²) in [5.41, 5.74) is 1.18. The Hall–Kier alpha value is -0.850. The molecule has 2 atom stereocenters. The Bertz CT molecular complexity index is 286. The Morgan fingerprint density at radius 3 is 2.73 bits per heavy atom. The number of hydrogen-bond donors (Lipinski definition) is 0. The van der Waals surface area contributed by atoms with Gasteiger partial charge in [0.05, 0.1) is 0 Å². The summed E-state index contributed by atoms with van der Waals surface area (Å²) in [6.45, 7) is 14.2. The number of Topliss-reactive ketones (excluding diaryl/α,β-unsaturated/α-hetero) is 1. The van der Waals surface area contributed by atoms with Gasteiger partial charge in [0.25, 0.3) is 0 Å². The highest BCUT2D eigenvalue weighted by atomic mass is 16.1. The molecule has 1 rings (SSSR count). The van der Waals surface area contributed by atoms with Gasteiger partial charge in [-0.05, 0) is 24.2 Å². The summed E-state index contributed by atoms with van der Waals surface area (Å²) in [5.74, 6) is 0.915. The molecule has 1 aliphatic rings. The zero-order valence-corrected chi connectivity index (χ0v) is 10.2. The molecule has 1 nitrogen and oxygen atoms in total. The van der Waals surface area contributed by atoms with E-state index in [9.17, 15) is 4.79 Å². The second-order valence-electron chi connectivity index (χ2n) is 5.28. The van der Waals surface area contributed by atoms with Gasteiger partial charge in [-0.15, -0.1) is 6.58 Å². The minimum atomic E-state index is -0.0439. The lowest BCUT2D eigenvalue weighted by atomic mass is 9.60. The van der Waals surface area contributed by atoms with Gasteiger partial charge in [0.2, 0.25) is 0 Å². The van der Waals surface area contributed by atoms with E-state index in [0.29, 0.717) is 18.1 Å². The quantitative estimate of drug-likeness (QED) is 0.643. The topological polar surface area (TPSA) is 17.1 Å². The van der Waals surface area contributed by atoms with Crippen molar-refractivity contribution in [1.82, 2.24) is 0 Å². The molecule has 1 heteroatoms. The molecule has 84 valence electrons. The van der Waals surface area contributed by atoms with Crippen molar-refractivity contribution in [3.63, 3.8) is 0 Å². The Morgan fingerprint density at radius 1 is 1.60 bits per heavy atom. The van der Waals surface area contributed by atoms with Crippen LogP contribution in [0.1, 0.15) is 40.0 Å². The van der Waals surface area contributed by atoms with Crippen molar-refractivity contribution in [1.29, 1.82) is 0 Å². The Morgan fingerprint density at radius 2 is 2.20 bits per heavy atom. The van der Waals surface area contributed by atoms with E-state index in [1.165, 1.54) is 5.57 Å². The molecule has 0 aromatic carbocycles. The lowest BCUT2D eigenvalue weighted by molar-refractivity contribution is -0.127. The summed E-state index contributed by atoms with van der Waals surface area (Å²) in [6.07, 6.45) is 4.36. The van der Waals surface area contributed by atoms with Crippen molar-refractivity contribution in [3.05, 3.63) is 24.8 Å². The minimum absolute atomic E-state index is 0.0439. The molecule has 0 heterocycles. The van der Waals surface area contributed by atoms with Gasteiger partial charge in [-0.2, -0.15) is 0 Å². The van der Waals surface area contributed by atoms with Crippen LogP contribution in [0.3, 0.4) is 0 Å². The van der Waals surface area contributed by atoms with Gasteiger partial charge >= 0.3 is 0 Å². The second kappa shape index (κ2) is 4.34. The third kappa shape index (κ3) is 2.22. The lowest BCUT2D eigenvalue weighted by Gasteiger charge is -2.43. The van der Waals surface area contributed by atoms with Gasteiger partial charge in [0, 0.05) is 12.3 Å². The SMILES string of the molecule is C=CCC(=O)[C@H]1[C@@H](C)CCC(=C)C1(C)C. The number of rotatable bonds is 3. The standard InChI is InChI=1S/C14H22O/c1-6-7-12(15)13-10(2)8-9-11(3)14(13,4)5/h6,10,13H,1,3,7-9H2,2,4-5H3/t10-,13+/m0/s1. The molecular formula is C14H22O. The Balaban J connectivity index is 2.94. The number of allylic oxidation sites excluding steroid dienone is 2. The van der Waals surface area contributed by atoms with E-state index < -0.39 is 0 Å². The molecule has 0 aliphatic heterocycles. The van der Waals surface area contributed by atoms with Crippen LogP contribution in [0.2, 0.25) is 0 Å². The first-order valence-electron chi connectivity index (χ1n) is 5.73. The van der Waals surface area contributed by atoms with Gasteiger partial charge in [-0.1, -0.05) is 39.0 Å². The highest BCUT2D eigenvalue weighted by molar-refractivity contribution is 5.84. The molecule has 0 aromatic rings. The fraction of sp³-hybridized carbons (Fsp3) is 0.643. The molecule has 1 aliphatic carbocycles. The van der Waals surface area contributed by atoms with Gasteiger partial charge in [-0.3, -0.25) is 4.79 Å². The molecule has 0 spiro atoms. The van der Waals surface area contributed by atoms with Crippen molar-refractivity contribution in [2.24, 2.45) is 17.3 Å². The fourth-order valence-corrected chi connectivity index (χ4v) is 2.81. The molecule has 0 aromatic heterocycles.